The van der Waals surface area contributed by atoms with Crippen molar-refractivity contribution in [3.05, 3.63) is 35.5 Å². The lowest BCUT2D eigenvalue weighted by Gasteiger charge is -2.08. The number of hydrogen-bond acceptors (Lipinski definition) is 3. The average molecular weight is 265 g/mol. The average Bonchev–Trinajstić information content (AvgIpc) is 2.34. The van der Waals surface area contributed by atoms with Gasteiger partial charge < -0.3 is 10.4 Å². The largest absolute Gasteiger partial charge is 0.481 e. The molecule has 0 aliphatic carbocycles. The van der Waals surface area contributed by atoms with Gasteiger partial charge >= 0.3 is 5.97 Å². The summed E-state index contributed by atoms with van der Waals surface area (Å²) < 4.78 is 0. The molecule has 1 aromatic heterocycles. The number of aliphatic carboxylic acids is 1. The Morgan fingerprint density at radius 2 is 2.22 bits per heavy atom. The standard InChI is InChI=1S/C13H13ClN2O2/c14-9-3-4-10-11(5-7-16-12(10)8-9)15-6-1-2-13(17)18/h3-5,7-8H,1-2,6H2,(H,15,16)(H,17,18). The first-order chi connectivity index (χ1) is 8.66. The maximum Gasteiger partial charge on any atom is 0.303 e. The molecule has 2 rings (SSSR count). The molecule has 0 aliphatic rings. The van der Waals surface area contributed by atoms with Gasteiger partial charge in [0, 0.05) is 35.3 Å². The van der Waals surface area contributed by atoms with Gasteiger partial charge in [-0.15, -0.1) is 0 Å². The zero-order valence-electron chi connectivity index (χ0n) is 9.69. The van der Waals surface area contributed by atoms with Gasteiger partial charge in [-0.05, 0) is 30.7 Å². The van der Waals surface area contributed by atoms with Crippen LogP contribution in [-0.2, 0) is 4.79 Å². The second-order valence-electron chi connectivity index (χ2n) is 3.94. The van der Waals surface area contributed by atoms with Gasteiger partial charge in [-0.25, -0.2) is 0 Å². The normalized spacial score (nSPS) is 10.5. The number of carboxylic acid groups (broad SMARTS) is 1. The number of aromatic nitrogens is 1. The predicted octanol–water partition coefficient (Wildman–Crippen LogP) is 3.16. The number of carboxylic acids is 1. The molecule has 2 N–H and O–H groups in total. The minimum Gasteiger partial charge on any atom is -0.481 e. The molecule has 4 nitrogen and oxygen atoms in total. The molecular formula is C13H13ClN2O2. The van der Waals surface area contributed by atoms with Gasteiger partial charge in [-0.3, -0.25) is 9.78 Å². The lowest BCUT2D eigenvalue weighted by atomic mass is 10.2. The van der Waals surface area contributed by atoms with E-state index < -0.39 is 5.97 Å². The van der Waals surface area contributed by atoms with Crippen LogP contribution in [0.4, 0.5) is 5.69 Å². The Hall–Kier alpha value is -1.81. The number of hydrogen-bond donors (Lipinski definition) is 2. The third kappa shape index (κ3) is 3.11. The van der Waals surface area contributed by atoms with Crippen molar-refractivity contribution in [1.82, 2.24) is 4.98 Å². The molecule has 1 aromatic carbocycles. The third-order valence-corrected chi connectivity index (χ3v) is 2.82. The van der Waals surface area contributed by atoms with Crippen molar-refractivity contribution in [2.75, 3.05) is 11.9 Å². The smallest absolute Gasteiger partial charge is 0.303 e. The van der Waals surface area contributed by atoms with Crippen molar-refractivity contribution in [1.29, 1.82) is 0 Å². The summed E-state index contributed by atoms with van der Waals surface area (Å²) in [6.45, 7) is 0.619. The van der Waals surface area contributed by atoms with E-state index in [1.54, 1.807) is 12.3 Å². The molecule has 0 saturated heterocycles. The molecule has 2 aromatic rings. The van der Waals surface area contributed by atoms with E-state index in [-0.39, 0.29) is 6.42 Å². The molecule has 0 amide bonds. The van der Waals surface area contributed by atoms with Gasteiger partial charge in [0.1, 0.15) is 0 Å². The summed E-state index contributed by atoms with van der Waals surface area (Å²) in [7, 11) is 0. The van der Waals surface area contributed by atoms with Crippen molar-refractivity contribution in [3.63, 3.8) is 0 Å². The number of anilines is 1. The van der Waals surface area contributed by atoms with Crippen LogP contribution >= 0.6 is 11.6 Å². The van der Waals surface area contributed by atoms with Gasteiger partial charge in [0.15, 0.2) is 0 Å². The van der Waals surface area contributed by atoms with Crippen LogP contribution < -0.4 is 5.32 Å². The van der Waals surface area contributed by atoms with Crippen LogP contribution in [0.3, 0.4) is 0 Å². The fraction of sp³-hybridized carbons (Fsp3) is 0.231. The number of benzene rings is 1. The zero-order valence-corrected chi connectivity index (χ0v) is 10.4. The Bertz CT molecular complexity index is 572. The first kappa shape index (κ1) is 12.6. The van der Waals surface area contributed by atoms with E-state index in [9.17, 15) is 4.79 Å². The molecule has 0 radical (unpaired) electrons. The number of fused-ring (bicyclic) bond motifs is 1. The van der Waals surface area contributed by atoms with E-state index in [0.29, 0.717) is 18.0 Å². The lowest BCUT2D eigenvalue weighted by molar-refractivity contribution is -0.137. The fourth-order valence-corrected chi connectivity index (χ4v) is 1.90. The Morgan fingerprint density at radius 3 is 3.00 bits per heavy atom. The summed E-state index contributed by atoms with van der Waals surface area (Å²) in [6.07, 6.45) is 2.47. The Kier molecular flexibility index (Phi) is 3.99. The first-order valence-corrected chi connectivity index (χ1v) is 6.04. The van der Waals surface area contributed by atoms with Crippen LogP contribution in [0.25, 0.3) is 10.9 Å². The molecular weight excluding hydrogens is 252 g/mol. The molecule has 0 spiro atoms. The highest BCUT2D eigenvalue weighted by atomic mass is 35.5. The topological polar surface area (TPSA) is 62.2 Å². The maximum atomic E-state index is 10.4. The predicted molar refractivity (Wildman–Crippen MR) is 72.1 cm³/mol. The van der Waals surface area contributed by atoms with Gasteiger partial charge in [-0.2, -0.15) is 0 Å². The van der Waals surface area contributed by atoms with Crippen molar-refractivity contribution in [3.8, 4) is 0 Å². The summed E-state index contributed by atoms with van der Waals surface area (Å²) in [5, 5.41) is 13.4. The molecule has 94 valence electrons. The van der Waals surface area contributed by atoms with Gasteiger partial charge in [-0.1, -0.05) is 11.6 Å². The summed E-state index contributed by atoms with van der Waals surface area (Å²) in [6, 6.07) is 7.40. The minimum absolute atomic E-state index is 0.168. The van der Waals surface area contributed by atoms with Crippen LogP contribution in [0.5, 0.6) is 0 Å². The van der Waals surface area contributed by atoms with Crippen molar-refractivity contribution in [2.24, 2.45) is 0 Å². The van der Waals surface area contributed by atoms with Gasteiger partial charge in [0.25, 0.3) is 0 Å². The van der Waals surface area contributed by atoms with E-state index in [1.165, 1.54) is 0 Å². The Balaban J connectivity index is 2.11. The number of rotatable bonds is 5. The number of nitrogens with zero attached hydrogens (tertiary/aromatic N) is 1. The second kappa shape index (κ2) is 5.69. The summed E-state index contributed by atoms with van der Waals surface area (Å²) >= 11 is 5.91. The molecule has 0 fully saturated rings. The molecule has 18 heavy (non-hydrogen) atoms. The number of halogens is 1. The molecule has 1 heterocycles. The highest BCUT2D eigenvalue weighted by Gasteiger charge is 2.02. The fourth-order valence-electron chi connectivity index (χ4n) is 1.74. The first-order valence-electron chi connectivity index (χ1n) is 5.67. The molecule has 0 atom stereocenters. The van der Waals surface area contributed by atoms with E-state index in [2.05, 4.69) is 10.3 Å². The molecule has 5 heteroatoms. The number of carbonyl (C=O) groups is 1. The van der Waals surface area contributed by atoms with Crippen LogP contribution in [-0.4, -0.2) is 22.6 Å². The van der Waals surface area contributed by atoms with Crippen molar-refractivity contribution >= 4 is 34.2 Å². The van der Waals surface area contributed by atoms with Crippen LogP contribution in [0, 0.1) is 0 Å². The van der Waals surface area contributed by atoms with Crippen molar-refractivity contribution in [2.45, 2.75) is 12.8 Å². The highest BCUT2D eigenvalue weighted by Crippen LogP contribution is 2.24. The molecule has 0 bridgehead atoms. The second-order valence-corrected chi connectivity index (χ2v) is 4.38. The highest BCUT2D eigenvalue weighted by molar-refractivity contribution is 6.31. The zero-order chi connectivity index (χ0) is 13.0. The summed E-state index contributed by atoms with van der Waals surface area (Å²) in [5.74, 6) is -0.775. The quantitative estimate of drug-likeness (QED) is 0.815. The Labute approximate surface area is 110 Å². The number of pyridine rings is 1. The monoisotopic (exact) mass is 264 g/mol. The van der Waals surface area contributed by atoms with Crippen LogP contribution in [0.2, 0.25) is 5.02 Å². The van der Waals surface area contributed by atoms with Gasteiger partial charge in [0.2, 0.25) is 0 Å². The molecule has 0 aliphatic heterocycles. The van der Waals surface area contributed by atoms with E-state index in [1.807, 2.05) is 18.2 Å². The Morgan fingerprint density at radius 1 is 1.39 bits per heavy atom. The van der Waals surface area contributed by atoms with E-state index in [0.717, 1.165) is 16.6 Å². The van der Waals surface area contributed by atoms with E-state index >= 15 is 0 Å². The number of nitrogens with one attached hydrogen (secondary N) is 1. The maximum absolute atomic E-state index is 10.4. The summed E-state index contributed by atoms with van der Waals surface area (Å²) in [5.41, 5.74) is 1.77. The SMILES string of the molecule is O=C(O)CCCNc1ccnc2cc(Cl)ccc12. The van der Waals surface area contributed by atoms with Crippen LogP contribution in [0.15, 0.2) is 30.5 Å². The van der Waals surface area contributed by atoms with Crippen molar-refractivity contribution < 1.29 is 9.90 Å². The minimum atomic E-state index is -0.775. The van der Waals surface area contributed by atoms with E-state index in [4.69, 9.17) is 16.7 Å². The molecule has 0 saturated carbocycles. The third-order valence-electron chi connectivity index (χ3n) is 2.59. The lowest BCUT2D eigenvalue weighted by Crippen LogP contribution is -2.05. The van der Waals surface area contributed by atoms with Gasteiger partial charge in [0.05, 0.1) is 5.52 Å². The summed E-state index contributed by atoms with van der Waals surface area (Å²) in [4.78, 5) is 14.6. The molecule has 0 unspecified atom stereocenters. The van der Waals surface area contributed by atoms with Crippen LogP contribution in [0.1, 0.15) is 12.8 Å².